The molecule has 2 rings (SSSR count). The molecule has 0 aliphatic carbocycles. The van der Waals surface area contributed by atoms with Gasteiger partial charge in [0.25, 0.3) is 0 Å². The number of hydrogen-bond acceptors (Lipinski definition) is 4. The van der Waals surface area contributed by atoms with Gasteiger partial charge >= 0.3 is 0 Å². The molecule has 5 nitrogen and oxygen atoms in total. The molecule has 0 spiro atoms. The Morgan fingerprint density at radius 1 is 1.26 bits per heavy atom. The van der Waals surface area contributed by atoms with Gasteiger partial charge in [0.1, 0.15) is 0 Å². The molecule has 112 valence electrons. The van der Waals surface area contributed by atoms with Gasteiger partial charge in [0.2, 0.25) is 10.0 Å². The number of hydrogen-bond donors (Lipinski definition) is 1. The van der Waals surface area contributed by atoms with E-state index in [0.717, 1.165) is 45.4 Å². The van der Waals surface area contributed by atoms with Crippen molar-refractivity contribution >= 4 is 10.0 Å². The Hall–Kier alpha value is -0.170. The van der Waals surface area contributed by atoms with Gasteiger partial charge in [-0.3, -0.25) is 0 Å². The lowest BCUT2D eigenvalue weighted by Gasteiger charge is -2.30. The van der Waals surface area contributed by atoms with Crippen LogP contribution < -0.4 is 5.32 Å². The summed E-state index contributed by atoms with van der Waals surface area (Å²) in [6.45, 7) is 6.40. The SMILES string of the molecule is CC1CN(C)CCCN1S(=O)(=O)CC1CCCNC1. The zero-order valence-electron chi connectivity index (χ0n) is 12.1. The number of rotatable bonds is 3. The quantitative estimate of drug-likeness (QED) is 0.814. The lowest BCUT2D eigenvalue weighted by atomic mass is 10.0. The summed E-state index contributed by atoms with van der Waals surface area (Å²) in [5.41, 5.74) is 0. The van der Waals surface area contributed by atoms with Crippen LogP contribution in [0.3, 0.4) is 0 Å². The average Bonchev–Trinajstić information content (AvgIpc) is 2.51. The van der Waals surface area contributed by atoms with Crippen LogP contribution in [-0.4, -0.2) is 69.2 Å². The summed E-state index contributed by atoms with van der Waals surface area (Å²) in [7, 11) is -1.05. The first kappa shape index (κ1) is 15.2. The third-order valence-corrected chi connectivity index (χ3v) is 6.34. The molecule has 0 bridgehead atoms. The molecule has 0 aromatic rings. The third kappa shape index (κ3) is 4.15. The molecule has 0 saturated carbocycles. The zero-order chi connectivity index (χ0) is 13.9. The van der Waals surface area contributed by atoms with Crippen molar-refractivity contribution in [2.75, 3.05) is 45.5 Å². The average molecular weight is 289 g/mol. The summed E-state index contributed by atoms with van der Waals surface area (Å²) in [6.07, 6.45) is 3.07. The van der Waals surface area contributed by atoms with E-state index in [4.69, 9.17) is 0 Å². The lowest BCUT2D eigenvalue weighted by Crippen LogP contribution is -2.45. The molecule has 0 amide bonds. The smallest absolute Gasteiger partial charge is 0.214 e. The second-order valence-corrected chi connectivity index (χ2v) is 8.03. The van der Waals surface area contributed by atoms with Crippen molar-refractivity contribution in [1.29, 1.82) is 0 Å². The van der Waals surface area contributed by atoms with Gasteiger partial charge in [-0.15, -0.1) is 0 Å². The van der Waals surface area contributed by atoms with Crippen molar-refractivity contribution in [2.24, 2.45) is 5.92 Å². The molecule has 0 radical (unpaired) electrons. The van der Waals surface area contributed by atoms with Gasteiger partial charge in [0.15, 0.2) is 0 Å². The van der Waals surface area contributed by atoms with Crippen molar-refractivity contribution in [3.05, 3.63) is 0 Å². The molecule has 1 N–H and O–H groups in total. The summed E-state index contributed by atoms with van der Waals surface area (Å²) in [6, 6.07) is 0.0917. The Balaban J connectivity index is 2.00. The van der Waals surface area contributed by atoms with Gasteiger partial charge in [-0.05, 0) is 58.8 Å². The maximum absolute atomic E-state index is 12.6. The molecule has 2 saturated heterocycles. The third-order valence-electron chi connectivity index (χ3n) is 4.19. The molecule has 0 aromatic carbocycles. The lowest BCUT2D eigenvalue weighted by molar-refractivity contribution is 0.288. The van der Waals surface area contributed by atoms with E-state index in [1.54, 1.807) is 4.31 Å². The van der Waals surface area contributed by atoms with Crippen molar-refractivity contribution in [2.45, 2.75) is 32.2 Å². The Morgan fingerprint density at radius 2 is 2.05 bits per heavy atom. The van der Waals surface area contributed by atoms with Crippen LogP contribution in [-0.2, 0) is 10.0 Å². The number of nitrogens with zero attached hydrogens (tertiary/aromatic N) is 2. The van der Waals surface area contributed by atoms with Crippen LogP contribution >= 0.6 is 0 Å². The first-order valence-electron chi connectivity index (χ1n) is 7.38. The highest BCUT2D eigenvalue weighted by atomic mass is 32.2. The van der Waals surface area contributed by atoms with Crippen molar-refractivity contribution in [3.8, 4) is 0 Å². The largest absolute Gasteiger partial charge is 0.316 e. The highest BCUT2D eigenvalue weighted by molar-refractivity contribution is 7.89. The van der Waals surface area contributed by atoms with Crippen molar-refractivity contribution in [3.63, 3.8) is 0 Å². The molecule has 6 heteroatoms. The van der Waals surface area contributed by atoms with Crippen LogP contribution in [0, 0.1) is 5.92 Å². The monoisotopic (exact) mass is 289 g/mol. The fraction of sp³-hybridized carbons (Fsp3) is 1.00. The second-order valence-electron chi connectivity index (χ2n) is 6.07. The normalized spacial score (nSPS) is 32.1. The first-order chi connectivity index (χ1) is 8.99. The Morgan fingerprint density at radius 3 is 2.74 bits per heavy atom. The minimum Gasteiger partial charge on any atom is -0.316 e. The van der Waals surface area contributed by atoms with Gasteiger partial charge in [-0.2, -0.15) is 4.31 Å². The van der Waals surface area contributed by atoms with Gasteiger partial charge in [0.05, 0.1) is 5.75 Å². The molecule has 2 aliphatic rings. The molecule has 2 fully saturated rings. The van der Waals surface area contributed by atoms with E-state index in [0.29, 0.717) is 12.3 Å². The van der Waals surface area contributed by atoms with Crippen LogP contribution in [0.15, 0.2) is 0 Å². The summed E-state index contributed by atoms with van der Waals surface area (Å²) in [5, 5.41) is 3.30. The maximum Gasteiger partial charge on any atom is 0.214 e. The summed E-state index contributed by atoms with van der Waals surface area (Å²) >= 11 is 0. The highest BCUT2D eigenvalue weighted by Gasteiger charge is 2.32. The predicted octanol–water partition coefficient (Wildman–Crippen LogP) is 0.342. The molecular weight excluding hydrogens is 262 g/mol. The van der Waals surface area contributed by atoms with Gasteiger partial charge in [-0.25, -0.2) is 8.42 Å². The van der Waals surface area contributed by atoms with Gasteiger partial charge in [0, 0.05) is 19.1 Å². The number of sulfonamides is 1. The van der Waals surface area contributed by atoms with Crippen LogP contribution in [0.1, 0.15) is 26.2 Å². The predicted molar refractivity (Wildman–Crippen MR) is 77.7 cm³/mol. The Bertz CT molecular complexity index is 379. The Kier molecular flexibility index (Phi) is 5.22. The van der Waals surface area contributed by atoms with E-state index in [1.807, 2.05) is 6.92 Å². The maximum atomic E-state index is 12.6. The number of nitrogens with one attached hydrogen (secondary N) is 1. The van der Waals surface area contributed by atoms with E-state index in [1.165, 1.54) is 0 Å². The fourth-order valence-electron chi connectivity index (χ4n) is 3.22. The van der Waals surface area contributed by atoms with E-state index in [2.05, 4.69) is 17.3 Å². The van der Waals surface area contributed by atoms with Crippen LogP contribution in [0.25, 0.3) is 0 Å². The van der Waals surface area contributed by atoms with E-state index in [-0.39, 0.29) is 12.0 Å². The standard InChI is InChI=1S/C13H27N3O2S/c1-12-10-15(2)7-4-8-16(12)19(17,18)11-13-5-3-6-14-9-13/h12-14H,3-11H2,1-2H3. The highest BCUT2D eigenvalue weighted by Crippen LogP contribution is 2.19. The fourth-order valence-corrected chi connectivity index (χ4v) is 5.32. The number of piperidine rings is 1. The zero-order valence-corrected chi connectivity index (χ0v) is 13.0. The summed E-state index contributed by atoms with van der Waals surface area (Å²) in [5.74, 6) is 0.598. The van der Waals surface area contributed by atoms with Crippen LogP contribution in [0.5, 0.6) is 0 Å². The second kappa shape index (κ2) is 6.52. The minimum absolute atomic E-state index is 0.0917. The topological polar surface area (TPSA) is 52.7 Å². The van der Waals surface area contributed by atoms with Crippen molar-refractivity contribution < 1.29 is 8.42 Å². The van der Waals surface area contributed by atoms with Gasteiger partial charge < -0.3 is 10.2 Å². The molecule has 2 atom stereocenters. The first-order valence-corrected chi connectivity index (χ1v) is 8.99. The number of likely N-dealkylation sites (N-methyl/N-ethyl adjacent to an activating group) is 1. The minimum atomic E-state index is -3.11. The molecule has 2 heterocycles. The molecule has 0 aromatic heterocycles. The van der Waals surface area contributed by atoms with Gasteiger partial charge in [-0.1, -0.05) is 0 Å². The molecule has 19 heavy (non-hydrogen) atoms. The molecular formula is C13H27N3O2S. The molecule has 2 unspecified atom stereocenters. The van der Waals surface area contributed by atoms with Crippen molar-refractivity contribution in [1.82, 2.24) is 14.5 Å². The summed E-state index contributed by atoms with van der Waals surface area (Å²) in [4.78, 5) is 2.22. The van der Waals surface area contributed by atoms with Crippen LogP contribution in [0.4, 0.5) is 0 Å². The van der Waals surface area contributed by atoms with E-state index < -0.39 is 10.0 Å². The Labute approximate surface area is 117 Å². The van der Waals surface area contributed by atoms with E-state index in [9.17, 15) is 8.42 Å². The molecule has 2 aliphatic heterocycles. The van der Waals surface area contributed by atoms with E-state index >= 15 is 0 Å². The summed E-state index contributed by atoms with van der Waals surface area (Å²) < 4.78 is 26.9. The van der Waals surface area contributed by atoms with Crippen LogP contribution in [0.2, 0.25) is 0 Å².